The molecule has 6 nitrogen and oxygen atoms in total. The molecule has 0 fully saturated rings. The fourth-order valence-electron chi connectivity index (χ4n) is 5.81. The second kappa shape index (κ2) is 25.7. The molecule has 45 heavy (non-hydrogen) atoms. The first-order chi connectivity index (χ1) is 22.1. The Hall–Kier alpha value is -2.41. The Balaban J connectivity index is 1.72. The van der Waals surface area contributed by atoms with Crippen molar-refractivity contribution >= 4 is 39.1 Å². The van der Waals surface area contributed by atoms with Crippen molar-refractivity contribution < 1.29 is 14.4 Å². The van der Waals surface area contributed by atoms with Crippen LogP contribution in [0.3, 0.4) is 0 Å². The summed E-state index contributed by atoms with van der Waals surface area (Å²) < 4.78 is 1.04. The molecular weight excluding hydrogens is 579 g/mol. The van der Waals surface area contributed by atoms with Crippen LogP contribution in [0.15, 0.2) is 29.6 Å². The Morgan fingerprint density at radius 3 is 1.69 bits per heavy atom. The van der Waals surface area contributed by atoms with Crippen molar-refractivity contribution in [2.45, 2.75) is 161 Å². The number of unbranched alkanes of at least 4 members (excludes halogenated alkanes) is 18. The Morgan fingerprint density at radius 2 is 1.13 bits per heavy atom. The summed E-state index contributed by atoms with van der Waals surface area (Å²) in [5.41, 5.74) is 0.577. The average Bonchev–Trinajstić information content (AvgIpc) is 3.48. The van der Waals surface area contributed by atoms with Gasteiger partial charge in [0.05, 0.1) is 5.56 Å². The van der Waals surface area contributed by atoms with E-state index in [-0.39, 0.29) is 30.6 Å². The van der Waals surface area contributed by atoms with Crippen molar-refractivity contribution in [3.8, 4) is 0 Å². The van der Waals surface area contributed by atoms with E-state index in [2.05, 4.69) is 29.8 Å². The lowest BCUT2D eigenvalue weighted by molar-refractivity contribution is -0.124. The summed E-state index contributed by atoms with van der Waals surface area (Å²) in [6.45, 7) is 5.75. The van der Waals surface area contributed by atoms with Gasteiger partial charge in [-0.2, -0.15) is 0 Å². The van der Waals surface area contributed by atoms with Gasteiger partial charge in [0.1, 0.15) is 6.04 Å². The standard InChI is InChI=1S/C38H63N3O3S/c1-3-5-7-9-11-13-15-17-19-23-29-39-36(42)28-27-34(41-37(43)33-31-45-35-26-22-21-25-32(33)35)38(44)40-30-24-20-18-16-14-12-10-8-6-4-2/h21-22,25-26,31,34H,3-20,23-24,27-30H2,1-2H3,(H,39,42)(H,40,44)(H,41,43). The van der Waals surface area contributed by atoms with Gasteiger partial charge in [0.2, 0.25) is 11.8 Å². The zero-order valence-electron chi connectivity index (χ0n) is 28.6. The molecule has 0 saturated heterocycles. The molecule has 0 spiro atoms. The van der Waals surface area contributed by atoms with Gasteiger partial charge < -0.3 is 16.0 Å². The highest BCUT2D eigenvalue weighted by Gasteiger charge is 2.23. The highest BCUT2D eigenvalue weighted by molar-refractivity contribution is 7.17. The van der Waals surface area contributed by atoms with E-state index in [9.17, 15) is 14.4 Å². The molecule has 0 saturated carbocycles. The van der Waals surface area contributed by atoms with Crippen molar-refractivity contribution in [1.29, 1.82) is 0 Å². The number of nitrogens with one attached hydrogen (secondary N) is 3. The van der Waals surface area contributed by atoms with E-state index < -0.39 is 6.04 Å². The number of amides is 3. The molecule has 1 aromatic carbocycles. The maximum Gasteiger partial charge on any atom is 0.253 e. The third-order valence-corrected chi connectivity index (χ3v) is 9.65. The summed E-state index contributed by atoms with van der Waals surface area (Å²) in [5.74, 6) is -0.535. The van der Waals surface area contributed by atoms with Gasteiger partial charge in [0, 0.05) is 35.0 Å². The Morgan fingerprint density at radius 1 is 0.644 bits per heavy atom. The van der Waals surface area contributed by atoms with Crippen LogP contribution < -0.4 is 16.0 Å². The Labute approximate surface area is 278 Å². The number of benzene rings is 1. The third kappa shape index (κ3) is 17.8. The molecule has 3 amide bonds. The quantitative estimate of drug-likeness (QED) is 0.0808. The van der Waals surface area contributed by atoms with E-state index in [1.165, 1.54) is 114 Å². The van der Waals surface area contributed by atoms with Crippen molar-refractivity contribution in [3.63, 3.8) is 0 Å². The first kappa shape index (κ1) is 38.8. The fourth-order valence-corrected chi connectivity index (χ4v) is 6.75. The maximum absolute atomic E-state index is 13.2. The van der Waals surface area contributed by atoms with E-state index in [1.807, 2.05) is 29.6 Å². The predicted octanol–water partition coefficient (Wildman–Crippen LogP) is 9.85. The highest BCUT2D eigenvalue weighted by atomic mass is 32.1. The van der Waals surface area contributed by atoms with Gasteiger partial charge in [0.15, 0.2) is 0 Å². The number of carbonyl (C=O) groups excluding carboxylic acids is 3. The largest absolute Gasteiger partial charge is 0.356 e. The van der Waals surface area contributed by atoms with E-state index in [1.54, 1.807) is 0 Å². The van der Waals surface area contributed by atoms with E-state index in [0.29, 0.717) is 18.7 Å². The summed E-state index contributed by atoms with van der Waals surface area (Å²) in [4.78, 5) is 39.1. The minimum absolute atomic E-state index is 0.0614. The minimum atomic E-state index is -0.748. The molecule has 7 heteroatoms. The molecule has 2 aromatic rings. The first-order valence-corrected chi connectivity index (χ1v) is 19.3. The number of hydrogen-bond acceptors (Lipinski definition) is 4. The molecular formula is C38H63N3O3S. The molecule has 254 valence electrons. The molecule has 1 atom stereocenters. The summed E-state index contributed by atoms with van der Waals surface area (Å²) in [7, 11) is 0. The van der Waals surface area contributed by atoms with Gasteiger partial charge in [-0.3, -0.25) is 14.4 Å². The summed E-state index contributed by atoms with van der Waals surface area (Å²) in [6.07, 6.45) is 25.5. The molecule has 1 heterocycles. The van der Waals surface area contributed by atoms with Gasteiger partial charge in [-0.05, 0) is 25.3 Å². The van der Waals surface area contributed by atoms with E-state index >= 15 is 0 Å². The zero-order chi connectivity index (χ0) is 32.4. The van der Waals surface area contributed by atoms with Crippen molar-refractivity contribution in [1.82, 2.24) is 16.0 Å². The number of hydrogen-bond donors (Lipinski definition) is 3. The fraction of sp³-hybridized carbons (Fsp3) is 0.711. The summed E-state index contributed by atoms with van der Waals surface area (Å²) >= 11 is 1.52. The predicted molar refractivity (Wildman–Crippen MR) is 192 cm³/mol. The Bertz CT molecular complexity index is 1070. The van der Waals surface area contributed by atoms with Crippen molar-refractivity contribution in [2.75, 3.05) is 13.1 Å². The normalized spacial score (nSPS) is 11.9. The van der Waals surface area contributed by atoms with Crippen molar-refractivity contribution in [2.24, 2.45) is 0 Å². The van der Waals surface area contributed by atoms with Gasteiger partial charge in [-0.15, -0.1) is 11.3 Å². The van der Waals surface area contributed by atoms with E-state index in [4.69, 9.17) is 0 Å². The van der Waals surface area contributed by atoms with Crippen LogP contribution in [0.2, 0.25) is 0 Å². The van der Waals surface area contributed by atoms with Crippen LogP contribution in [0.5, 0.6) is 0 Å². The van der Waals surface area contributed by atoms with Gasteiger partial charge in [0.25, 0.3) is 5.91 Å². The molecule has 0 bridgehead atoms. The third-order valence-electron chi connectivity index (χ3n) is 8.69. The molecule has 1 unspecified atom stereocenters. The first-order valence-electron chi connectivity index (χ1n) is 18.4. The minimum Gasteiger partial charge on any atom is -0.356 e. The smallest absolute Gasteiger partial charge is 0.253 e. The lowest BCUT2D eigenvalue weighted by Crippen LogP contribution is -2.47. The second-order valence-corrected chi connectivity index (χ2v) is 13.6. The van der Waals surface area contributed by atoms with Gasteiger partial charge >= 0.3 is 0 Å². The van der Waals surface area contributed by atoms with Crippen LogP contribution in [-0.4, -0.2) is 36.9 Å². The Kier molecular flexibility index (Phi) is 22.2. The van der Waals surface area contributed by atoms with Crippen LogP contribution in [0, 0.1) is 0 Å². The lowest BCUT2D eigenvalue weighted by atomic mass is 10.1. The summed E-state index contributed by atoms with van der Waals surface area (Å²) in [5, 5.41) is 11.7. The lowest BCUT2D eigenvalue weighted by Gasteiger charge is -2.18. The molecule has 1 aromatic heterocycles. The molecule has 0 aliphatic rings. The number of rotatable bonds is 28. The molecule has 0 radical (unpaired) electrons. The topological polar surface area (TPSA) is 87.3 Å². The number of fused-ring (bicyclic) bond motifs is 1. The second-order valence-electron chi connectivity index (χ2n) is 12.7. The summed E-state index contributed by atoms with van der Waals surface area (Å²) in [6, 6.07) is 7.05. The molecule has 2 rings (SSSR count). The average molecular weight is 642 g/mol. The van der Waals surface area contributed by atoms with E-state index in [0.717, 1.165) is 35.8 Å². The maximum atomic E-state index is 13.2. The van der Waals surface area contributed by atoms with Gasteiger partial charge in [-0.1, -0.05) is 148 Å². The number of carbonyl (C=O) groups is 3. The molecule has 3 N–H and O–H groups in total. The monoisotopic (exact) mass is 641 g/mol. The van der Waals surface area contributed by atoms with Crippen LogP contribution in [0.1, 0.15) is 165 Å². The SMILES string of the molecule is CCCCCCCCCCCCNC(=O)CCC(NC(=O)c1csc2ccccc12)C(=O)NCCCCCCCCCCCC. The molecule has 0 aliphatic carbocycles. The highest BCUT2D eigenvalue weighted by Crippen LogP contribution is 2.25. The van der Waals surface area contributed by atoms with Gasteiger partial charge in [-0.25, -0.2) is 0 Å². The zero-order valence-corrected chi connectivity index (χ0v) is 29.4. The van der Waals surface area contributed by atoms with Crippen LogP contribution in [0.25, 0.3) is 10.1 Å². The van der Waals surface area contributed by atoms with Crippen LogP contribution in [0.4, 0.5) is 0 Å². The van der Waals surface area contributed by atoms with Crippen molar-refractivity contribution in [3.05, 3.63) is 35.2 Å². The van der Waals surface area contributed by atoms with Crippen LogP contribution >= 0.6 is 11.3 Å². The number of thiophene rings is 1. The molecule has 0 aliphatic heterocycles. The van der Waals surface area contributed by atoms with Crippen LogP contribution in [-0.2, 0) is 9.59 Å².